The minimum Gasteiger partial charge on any atom is -0.396 e. The van der Waals surface area contributed by atoms with Gasteiger partial charge in [0.1, 0.15) is 17.5 Å². The van der Waals surface area contributed by atoms with Crippen LogP contribution in [0.25, 0.3) is 0 Å². The SMILES string of the molecule is CCC(CCO)CNc1nc(C2CC2)nc(NN)c1C. The van der Waals surface area contributed by atoms with E-state index in [0.29, 0.717) is 17.7 Å². The van der Waals surface area contributed by atoms with E-state index in [1.54, 1.807) is 0 Å². The smallest absolute Gasteiger partial charge is 0.148 e. The number of hydrogen-bond donors (Lipinski definition) is 4. The van der Waals surface area contributed by atoms with E-state index in [1.165, 1.54) is 0 Å². The van der Waals surface area contributed by atoms with Crippen LogP contribution in [0.5, 0.6) is 0 Å². The van der Waals surface area contributed by atoms with Crippen molar-refractivity contribution in [2.24, 2.45) is 11.8 Å². The molecule has 1 aliphatic rings. The lowest BCUT2D eigenvalue weighted by Gasteiger charge is -2.17. The third-order valence-electron chi connectivity index (χ3n) is 3.92. The second-order valence-electron chi connectivity index (χ2n) is 5.49. The van der Waals surface area contributed by atoms with Gasteiger partial charge in [-0.25, -0.2) is 15.8 Å². The first-order chi connectivity index (χ1) is 9.69. The van der Waals surface area contributed by atoms with Crippen LogP contribution < -0.4 is 16.6 Å². The summed E-state index contributed by atoms with van der Waals surface area (Å²) in [7, 11) is 0. The fourth-order valence-corrected chi connectivity index (χ4v) is 2.24. The Kier molecular flexibility index (Phi) is 5.14. The van der Waals surface area contributed by atoms with Crippen LogP contribution in [0.3, 0.4) is 0 Å². The Labute approximate surface area is 120 Å². The topological polar surface area (TPSA) is 96.1 Å². The van der Waals surface area contributed by atoms with Crippen molar-refractivity contribution < 1.29 is 5.11 Å². The second kappa shape index (κ2) is 6.85. The highest BCUT2D eigenvalue weighted by atomic mass is 16.3. The summed E-state index contributed by atoms with van der Waals surface area (Å²) in [6, 6.07) is 0. The molecular formula is C14H25N5O. The Balaban J connectivity index is 2.10. The summed E-state index contributed by atoms with van der Waals surface area (Å²) in [5.74, 6) is 8.90. The molecule has 0 saturated heterocycles. The summed E-state index contributed by atoms with van der Waals surface area (Å²) in [5.41, 5.74) is 3.59. The van der Waals surface area contributed by atoms with Crippen LogP contribution >= 0.6 is 0 Å². The number of rotatable bonds is 8. The summed E-state index contributed by atoms with van der Waals surface area (Å²) in [6.07, 6.45) is 4.17. The van der Waals surface area contributed by atoms with E-state index in [0.717, 1.165) is 49.4 Å². The number of nitrogen functional groups attached to an aromatic ring is 1. The van der Waals surface area contributed by atoms with Gasteiger partial charge in [-0.2, -0.15) is 0 Å². The highest BCUT2D eigenvalue weighted by Gasteiger charge is 2.28. The van der Waals surface area contributed by atoms with Crippen molar-refractivity contribution in [2.75, 3.05) is 23.9 Å². The number of nitrogens with two attached hydrogens (primary N) is 1. The Bertz CT molecular complexity index is 447. The van der Waals surface area contributed by atoms with Gasteiger partial charge in [0.25, 0.3) is 0 Å². The summed E-state index contributed by atoms with van der Waals surface area (Å²) >= 11 is 0. The third-order valence-corrected chi connectivity index (χ3v) is 3.92. The molecule has 0 radical (unpaired) electrons. The lowest BCUT2D eigenvalue weighted by molar-refractivity contribution is 0.258. The Morgan fingerprint density at radius 1 is 1.35 bits per heavy atom. The maximum atomic E-state index is 9.05. The molecule has 0 aromatic carbocycles. The van der Waals surface area contributed by atoms with Crippen molar-refractivity contribution >= 4 is 11.6 Å². The minimum absolute atomic E-state index is 0.228. The van der Waals surface area contributed by atoms with Crippen LogP contribution in [0.15, 0.2) is 0 Å². The number of hydrazine groups is 1. The number of aromatic nitrogens is 2. The lowest BCUT2D eigenvalue weighted by atomic mass is 10.0. The fraction of sp³-hybridized carbons (Fsp3) is 0.714. The van der Waals surface area contributed by atoms with E-state index in [1.807, 2.05) is 6.92 Å². The van der Waals surface area contributed by atoms with E-state index in [2.05, 4.69) is 27.6 Å². The number of anilines is 2. The molecule has 20 heavy (non-hydrogen) atoms. The minimum atomic E-state index is 0.228. The van der Waals surface area contributed by atoms with E-state index < -0.39 is 0 Å². The number of nitrogens with one attached hydrogen (secondary N) is 2. The monoisotopic (exact) mass is 279 g/mol. The van der Waals surface area contributed by atoms with Crippen LogP contribution in [0.4, 0.5) is 11.6 Å². The molecule has 1 saturated carbocycles. The quantitative estimate of drug-likeness (QED) is 0.428. The maximum absolute atomic E-state index is 9.05. The first kappa shape index (κ1) is 15.0. The number of nitrogens with zero attached hydrogens (tertiary/aromatic N) is 2. The van der Waals surface area contributed by atoms with Crippen molar-refractivity contribution in [3.05, 3.63) is 11.4 Å². The van der Waals surface area contributed by atoms with Gasteiger partial charge in [-0.1, -0.05) is 13.3 Å². The number of aliphatic hydroxyl groups excluding tert-OH is 1. The second-order valence-corrected chi connectivity index (χ2v) is 5.49. The average Bonchev–Trinajstić information content (AvgIpc) is 3.29. The number of aliphatic hydroxyl groups is 1. The molecule has 1 unspecified atom stereocenters. The first-order valence-electron chi connectivity index (χ1n) is 7.39. The van der Waals surface area contributed by atoms with Crippen molar-refractivity contribution in [3.8, 4) is 0 Å². The molecule has 1 aromatic heterocycles. The molecule has 1 aliphatic carbocycles. The normalized spacial score (nSPS) is 16.0. The highest BCUT2D eigenvalue weighted by molar-refractivity contribution is 5.57. The molecule has 0 bridgehead atoms. The summed E-state index contributed by atoms with van der Waals surface area (Å²) in [5, 5.41) is 12.4. The Morgan fingerprint density at radius 2 is 2.05 bits per heavy atom. The predicted molar refractivity (Wildman–Crippen MR) is 80.5 cm³/mol. The molecule has 6 heteroatoms. The molecule has 112 valence electrons. The first-order valence-corrected chi connectivity index (χ1v) is 7.39. The fourth-order valence-electron chi connectivity index (χ4n) is 2.24. The molecule has 1 aromatic rings. The molecule has 0 spiro atoms. The standard InChI is InChI=1S/C14H25N5O/c1-3-10(6-7-20)8-16-12-9(2)13(19-15)18-14(17-12)11-4-5-11/h10-11,20H,3-8,15H2,1-2H3,(H2,16,17,18,19). The van der Waals surface area contributed by atoms with Crippen molar-refractivity contribution in [1.82, 2.24) is 9.97 Å². The predicted octanol–water partition coefficient (Wildman–Crippen LogP) is 1.77. The molecule has 1 fully saturated rings. The third kappa shape index (κ3) is 3.58. The van der Waals surface area contributed by atoms with Gasteiger partial charge in [-0.15, -0.1) is 0 Å². The van der Waals surface area contributed by atoms with E-state index in [-0.39, 0.29) is 6.61 Å². The van der Waals surface area contributed by atoms with Gasteiger partial charge in [0.15, 0.2) is 0 Å². The molecule has 5 N–H and O–H groups in total. The van der Waals surface area contributed by atoms with E-state index in [9.17, 15) is 0 Å². The van der Waals surface area contributed by atoms with E-state index in [4.69, 9.17) is 10.9 Å². The molecular weight excluding hydrogens is 254 g/mol. The zero-order valence-corrected chi connectivity index (χ0v) is 12.3. The maximum Gasteiger partial charge on any atom is 0.148 e. The van der Waals surface area contributed by atoms with Gasteiger partial charge < -0.3 is 15.8 Å². The molecule has 0 aliphatic heterocycles. The Hall–Kier alpha value is -1.40. The van der Waals surface area contributed by atoms with Gasteiger partial charge >= 0.3 is 0 Å². The van der Waals surface area contributed by atoms with Crippen LogP contribution in [-0.4, -0.2) is 28.2 Å². The molecule has 0 amide bonds. The average molecular weight is 279 g/mol. The van der Waals surface area contributed by atoms with Crippen LogP contribution in [0.2, 0.25) is 0 Å². The van der Waals surface area contributed by atoms with Crippen LogP contribution in [0.1, 0.15) is 49.9 Å². The van der Waals surface area contributed by atoms with Gasteiger partial charge in [0.05, 0.1) is 0 Å². The molecule has 1 heterocycles. The van der Waals surface area contributed by atoms with Gasteiger partial charge in [-0.3, -0.25) is 0 Å². The van der Waals surface area contributed by atoms with Crippen LogP contribution in [0, 0.1) is 12.8 Å². The molecule has 6 nitrogen and oxygen atoms in total. The van der Waals surface area contributed by atoms with Crippen LogP contribution in [-0.2, 0) is 0 Å². The molecule has 1 atom stereocenters. The largest absolute Gasteiger partial charge is 0.396 e. The summed E-state index contributed by atoms with van der Waals surface area (Å²) in [4.78, 5) is 9.10. The van der Waals surface area contributed by atoms with Gasteiger partial charge in [0, 0.05) is 24.6 Å². The van der Waals surface area contributed by atoms with Gasteiger partial charge in [0.2, 0.25) is 0 Å². The summed E-state index contributed by atoms with van der Waals surface area (Å²) in [6.45, 7) is 5.13. The molecule has 2 rings (SSSR count). The van der Waals surface area contributed by atoms with Crippen molar-refractivity contribution in [2.45, 2.75) is 45.4 Å². The van der Waals surface area contributed by atoms with Crippen molar-refractivity contribution in [3.63, 3.8) is 0 Å². The highest BCUT2D eigenvalue weighted by Crippen LogP contribution is 2.39. The number of hydrogen-bond acceptors (Lipinski definition) is 6. The summed E-state index contributed by atoms with van der Waals surface area (Å²) < 4.78 is 0. The van der Waals surface area contributed by atoms with E-state index >= 15 is 0 Å². The Morgan fingerprint density at radius 3 is 2.60 bits per heavy atom. The van der Waals surface area contributed by atoms with Gasteiger partial charge in [-0.05, 0) is 32.1 Å². The zero-order valence-electron chi connectivity index (χ0n) is 12.3. The van der Waals surface area contributed by atoms with Crippen molar-refractivity contribution in [1.29, 1.82) is 0 Å². The lowest BCUT2D eigenvalue weighted by Crippen LogP contribution is -2.19. The zero-order chi connectivity index (χ0) is 14.5.